The molecule has 0 fully saturated rings. The monoisotopic (exact) mass is 177 g/mol. The average molecular weight is 177 g/mol. The summed E-state index contributed by atoms with van der Waals surface area (Å²) in [7, 11) is 0. The second kappa shape index (κ2) is 3.88. The molecule has 1 N–H and O–H groups in total. The molecule has 2 nitrogen and oxygen atoms in total. The highest BCUT2D eigenvalue weighted by molar-refractivity contribution is 5.26. The first-order valence-electron chi connectivity index (χ1n) is 4.96. The van der Waals surface area contributed by atoms with Gasteiger partial charge in [-0.25, -0.2) is 0 Å². The molecule has 1 heterocycles. The number of hydrogen-bond donors (Lipinski definition) is 1. The maximum absolute atomic E-state index is 8.92. The lowest BCUT2D eigenvalue weighted by molar-refractivity contribution is 0.269. The topological polar surface area (TPSA) is 33.1 Å². The number of aliphatic hydroxyl groups is 1. The minimum Gasteiger partial charge on any atom is -0.396 e. The van der Waals surface area contributed by atoms with Crippen LogP contribution in [0.15, 0.2) is 18.3 Å². The zero-order chi connectivity index (χ0) is 9.10. The Balaban J connectivity index is 2.26. The Morgan fingerprint density at radius 1 is 1.54 bits per heavy atom. The Morgan fingerprint density at radius 2 is 2.46 bits per heavy atom. The first-order chi connectivity index (χ1) is 6.42. The van der Waals surface area contributed by atoms with Crippen LogP contribution in [0.3, 0.4) is 0 Å². The van der Waals surface area contributed by atoms with Crippen LogP contribution in [0, 0.1) is 0 Å². The Labute approximate surface area is 78.6 Å². The van der Waals surface area contributed by atoms with E-state index in [9.17, 15) is 0 Å². The lowest BCUT2D eigenvalue weighted by Gasteiger charge is -2.23. The smallest absolute Gasteiger partial charge is 0.0438 e. The third kappa shape index (κ3) is 1.73. The van der Waals surface area contributed by atoms with Crippen molar-refractivity contribution in [3.05, 3.63) is 29.6 Å². The molecule has 1 aliphatic rings. The molecular formula is C11H15NO. The van der Waals surface area contributed by atoms with E-state index in [1.807, 2.05) is 12.3 Å². The van der Waals surface area contributed by atoms with Gasteiger partial charge in [-0.3, -0.25) is 4.98 Å². The van der Waals surface area contributed by atoms with E-state index in [-0.39, 0.29) is 0 Å². The molecule has 0 amide bonds. The molecule has 0 saturated heterocycles. The van der Waals surface area contributed by atoms with Gasteiger partial charge in [0.2, 0.25) is 0 Å². The molecular weight excluding hydrogens is 162 g/mol. The zero-order valence-electron chi connectivity index (χ0n) is 7.74. The van der Waals surface area contributed by atoms with E-state index < -0.39 is 0 Å². The zero-order valence-corrected chi connectivity index (χ0v) is 7.74. The van der Waals surface area contributed by atoms with Crippen molar-refractivity contribution < 1.29 is 5.11 Å². The second-order valence-electron chi connectivity index (χ2n) is 3.64. The maximum Gasteiger partial charge on any atom is 0.0438 e. The van der Waals surface area contributed by atoms with Crippen molar-refractivity contribution >= 4 is 0 Å². The summed E-state index contributed by atoms with van der Waals surface area (Å²) in [4.78, 5) is 4.37. The Hall–Kier alpha value is -0.890. The van der Waals surface area contributed by atoms with E-state index in [1.54, 1.807) is 0 Å². The molecule has 0 aliphatic heterocycles. The predicted octanol–water partition coefficient (Wildman–Crippen LogP) is 1.88. The van der Waals surface area contributed by atoms with Crippen molar-refractivity contribution in [1.82, 2.24) is 4.98 Å². The average Bonchev–Trinajstić information content (AvgIpc) is 2.19. The number of hydrogen-bond acceptors (Lipinski definition) is 2. The van der Waals surface area contributed by atoms with Crippen LogP contribution in [0.5, 0.6) is 0 Å². The van der Waals surface area contributed by atoms with Crippen LogP contribution in [0.2, 0.25) is 0 Å². The lowest BCUT2D eigenvalue weighted by atomic mass is 9.84. The number of rotatable bonds is 2. The SMILES string of the molecule is OCCC1CCCc2ncccc21. The highest BCUT2D eigenvalue weighted by atomic mass is 16.3. The van der Waals surface area contributed by atoms with Crippen molar-refractivity contribution in [3.8, 4) is 0 Å². The van der Waals surface area contributed by atoms with Crippen LogP contribution in [-0.2, 0) is 6.42 Å². The molecule has 2 rings (SSSR count). The van der Waals surface area contributed by atoms with Gasteiger partial charge in [-0.05, 0) is 43.2 Å². The molecule has 0 spiro atoms. The highest BCUT2D eigenvalue weighted by Gasteiger charge is 2.19. The molecule has 0 saturated carbocycles. The van der Waals surface area contributed by atoms with E-state index >= 15 is 0 Å². The van der Waals surface area contributed by atoms with Gasteiger partial charge in [-0.15, -0.1) is 0 Å². The fourth-order valence-electron chi connectivity index (χ4n) is 2.16. The van der Waals surface area contributed by atoms with Crippen molar-refractivity contribution in [2.24, 2.45) is 0 Å². The third-order valence-electron chi connectivity index (χ3n) is 2.81. The molecule has 13 heavy (non-hydrogen) atoms. The van der Waals surface area contributed by atoms with E-state index in [1.165, 1.54) is 24.1 Å². The summed E-state index contributed by atoms with van der Waals surface area (Å²) in [5.74, 6) is 0.544. The summed E-state index contributed by atoms with van der Waals surface area (Å²) in [6.45, 7) is 0.291. The van der Waals surface area contributed by atoms with Crippen molar-refractivity contribution in [2.75, 3.05) is 6.61 Å². The fraction of sp³-hybridized carbons (Fsp3) is 0.545. The number of fused-ring (bicyclic) bond motifs is 1. The Bertz CT molecular complexity index is 285. The molecule has 0 bridgehead atoms. The van der Waals surface area contributed by atoms with Crippen molar-refractivity contribution in [1.29, 1.82) is 0 Å². The first-order valence-corrected chi connectivity index (χ1v) is 4.96. The molecule has 2 heteroatoms. The number of pyridine rings is 1. The van der Waals surface area contributed by atoms with Crippen LogP contribution in [-0.4, -0.2) is 16.7 Å². The van der Waals surface area contributed by atoms with Gasteiger partial charge in [-0.1, -0.05) is 6.07 Å². The summed E-state index contributed by atoms with van der Waals surface area (Å²) < 4.78 is 0. The van der Waals surface area contributed by atoms with Crippen molar-refractivity contribution in [2.45, 2.75) is 31.6 Å². The van der Waals surface area contributed by atoms with E-state index in [4.69, 9.17) is 5.11 Å². The number of aromatic nitrogens is 1. The maximum atomic E-state index is 8.92. The van der Waals surface area contributed by atoms with Gasteiger partial charge in [-0.2, -0.15) is 0 Å². The molecule has 1 aromatic heterocycles. The summed E-state index contributed by atoms with van der Waals surface area (Å²) in [5.41, 5.74) is 2.61. The second-order valence-corrected chi connectivity index (χ2v) is 3.64. The summed E-state index contributed by atoms with van der Waals surface area (Å²) in [6.07, 6.45) is 6.28. The van der Waals surface area contributed by atoms with Gasteiger partial charge < -0.3 is 5.11 Å². The minimum absolute atomic E-state index is 0.291. The Morgan fingerprint density at radius 3 is 3.31 bits per heavy atom. The molecule has 0 aromatic carbocycles. The molecule has 1 unspecified atom stereocenters. The van der Waals surface area contributed by atoms with E-state index in [0.717, 1.165) is 12.8 Å². The van der Waals surface area contributed by atoms with Gasteiger partial charge in [0.15, 0.2) is 0 Å². The van der Waals surface area contributed by atoms with Gasteiger partial charge in [0.1, 0.15) is 0 Å². The van der Waals surface area contributed by atoms with Crippen LogP contribution in [0.4, 0.5) is 0 Å². The predicted molar refractivity (Wildman–Crippen MR) is 51.6 cm³/mol. The lowest BCUT2D eigenvalue weighted by Crippen LogP contribution is -2.12. The fourth-order valence-corrected chi connectivity index (χ4v) is 2.16. The van der Waals surface area contributed by atoms with Crippen molar-refractivity contribution in [3.63, 3.8) is 0 Å². The molecule has 70 valence electrons. The van der Waals surface area contributed by atoms with Gasteiger partial charge in [0.25, 0.3) is 0 Å². The highest BCUT2D eigenvalue weighted by Crippen LogP contribution is 2.32. The van der Waals surface area contributed by atoms with Crippen LogP contribution in [0.1, 0.15) is 36.4 Å². The van der Waals surface area contributed by atoms with E-state index in [2.05, 4.69) is 11.1 Å². The normalized spacial score (nSPS) is 21.2. The third-order valence-corrected chi connectivity index (χ3v) is 2.81. The molecule has 1 aromatic rings. The van der Waals surface area contributed by atoms with Crippen LogP contribution in [0.25, 0.3) is 0 Å². The summed E-state index contributed by atoms with van der Waals surface area (Å²) in [5, 5.41) is 8.92. The van der Waals surface area contributed by atoms with Gasteiger partial charge in [0.05, 0.1) is 0 Å². The molecule has 1 atom stereocenters. The van der Waals surface area contributed by atoms with E-state index in [0.29, 0.717) is 12.5 Å². The number of aryl methyl sites for hydroxylation is 1. The first kappa shape index (κ1) is 8.70. The summed E-state index contributed by atoms with van der Waals surface area (Å²) in [6, 6.07) is 4.15. The van der Waals surface area contributed by atoms with Gasteiger partial charge in [0, 0.05) is 18.5 Å². The number of aliphatic hydroxyl groups excluding tert-OH is 1. The van der Waals surface area contributed by atoms with Gasteiger partial charge >= 0.3 is 0 Å². The number of nitrogens with zero attached hydrogens (tertiary/aromatic N) is 1. The minimum atomic E-state index is 0.291. The van der Waals surface area contributed by atoms with Crippen LogP contribution < -0.4 is 0 Å². The largest absolute Gasteiger partial charge is 0.396 e. The molecule has 0 radical (unpaired) electrons. The molecule has 1 aliphatic carbocycles. The quantitative estimate of drug-likeness (QED) is 0.748. The Kier molecular flexibility index (Phi) is 2.60. The summed E-state index contributed by atoms with van der Waals surface area (Å²) >= 11 is 0. The van der Waals surface area contributed by atoms with Crippen LogP contribution >= 0.6 is 0 Å². The standard InChI is InChI=1S/C11H15NO/c13-8-6-9-3-1-5-11-10(9)4-2-7-12-11/h2,4,7,9,13H,1,3,5-6,8H2.